The molecule has 88 valence electrons. The second kappa shape index (κ2) is 6.28. The minimum absolute atomic E-state index is 0.0773. The molecule has 0 radical (unpaired) electrons. The van der Waals surface area contributed by atoms with Gasteiger partial charge in [0.2, 0.25) is 5.91 Å². The minimum Gasteiger partial charge on any atom is -0.359 e. The Labute approximate surface area is 97.2 Å². The van der Waals surface area contributed by atoms with Crippen LogP contribution in [-0.4, -0.2) is 19.5 Å². The van der Waals surface area contributed by atoms with Crippen LogP contribution in [0.1, 0.15) is 23.1 Å². The molecule has 3 nitrogen and oxygen atoms in total. The standard InChI is InChI=1S/C13H20N2O/c1-10-5-4-6-12(11(10)2)9-15-8-7-13(16)14-3/h4-6,15H,7-9H2,1-3H3,(H,14,16). The van der Waals surface area contributed by atoms with Crippen molar-refractivity contribution in [3.05, 3.63) is 34.9 Å². The van der Waals surface area contributed by atoms with Crippen molar-refractivity contribution in [2.24, 2.45) is 0 Å². The number of benzene rings is 1. The van der Waals surface area contributed by atoms with E-state index >= 15 is 0 Å². The van der Waals surface area contributed by atoms with Crippen molar-refractivity contribution in [3.8, 4) is 0 Å². The molecule has 1 amide bonds. The van der Waals surface area contributed by atoms with Crippen molar-refractivity contribution in [2.45, 2.75) is 26.8 Å². The Morgan fingerprint density at radius 3 is 2.75 bits per heavy atom. The highest BCUT2D eigenvalue weighted by Crippen LogP contribution is 2.11. The van der Waals surface area contributed by atoms with Crippen LogP contribution in [0.4, 0.5) is 0 Å². The second-order valence-electron chi connectivity index (χ2n) is 3.96. The van der Waals surface area contributed by atoms with Crippen molar-refractivity contribution >= 4 is 5.91 Å². The van der Waals surface area contributed by atoms with Gasteiger partial charge in [0.1, 0.15) is 0 Å². The number of amides is 1. The fourth-order valence-corrected chi connectivity index (χ4v) is 1.55. The van der Waals surface area contributed by atoms with Crippen LogP contribution in [0.25, 0.3) is 0 Å². The number of nitrogens with one attached hydrogen (secondary N) is 2. The number of carbonyl (C=O) groups excluding carboxylic acids is 1. The van der Waals surface area contributed by atoms with Crippen molar-refractivity contribution in [1.29, 1.82) is 0 Å². The largest absolute Gasteiger partial charge is 0.359 e. The van der Waals surface area contributed by atoms with Gasteiger partial charge in [-0.05, 0) is 30.5 Å². The topological polar surface area (TPSA) is 41.1 Å². The van der Waals surface area contributed by atoms with Crippen molar-refractivity contribution in [3.63, 3.8) is 0 Å². The van der Waals surface area contributed by atoms with Crippen LogP contribution in [0, 0.1) is 13.8 Å². The number of aryl methyl sites for hydroxylation is 1. The van der Waals surface area contributed by atoms with Crippen molar-refractivity contribution in [2.75, 3.05) is 13.6 Å². The molecule has 1 aromatic carbocycles. The van der Waals surface area contributed by atoms with Crippen LogP contribution in [0.5, 0.6) is 0 Å². The summed E-state index contributed by atoms with van der Waals surface area (Å²) in [5.74, 6) is 0.0773. The highest BCUT2D eigenvalue weighted by atomic mass is 16.1. The van der Waals surface area contributed by atoms with E-state index in [0.29, 0.717) is 13.0 Å². The molecule has 2 N–H and O–H groups in total. The Kier molecular flexibility index (Phi) is 4.99. The Bertz CT molecular complexity index is 361. The first-order chi connectivity index (χ1) is 7.65. The first kappa shape index (κ1) is 12.7. The van der Waals surface area contributed by atoms with Gasteiger partial charge < -0.3 is 10.6 Å². The highest BCUT2D eigenvalue weighted by molar-refractivity contribution is 5.75. The zero-order valence-electron chi connectivity index (χ0n) is 10.3. The fourth-order valence-electron chi connectivity index (χ4n) is 1.55. The summed E-state index contributed by atoms with van der Waals surface area (Å²) in [6.45, 7) is 5.78. The molecule has 0 saturated heterocycles. The lowest BCUT2D eigenvalue weighted by Gasteiger charge is -2.09. The van der Waals surface area contributed by atoms with Gasteiger partial charge in [0.05, 0.1) is 0 Å². The summed E-state index contributed by atoms with van der Waals surface area (Å²) >= 11 is 0. The zero-order valence-corrected chi connectivity index (χ0v) is 10.3. The monoisotopic (exact) mass is 220 g/mol. The molecule has 0 unspecified atom stereocenters. The molecule has 0 aliphatic carbocycles. The summed E-state index contributed by atoms with van der Waals surface area (Å²) in [7, 11) is 1.66. The van der Waals surface area contributed by atoms with Gasteiger partial charge in [-0.25, -0.2) is 0 Å². The normalized spacial score (nSPS) is 10.2. The fraction of sp³-hybridized carbons (Fsp3) is 0.462. The van der Waals surface area contributed by atoms with Gasteiger partial charge in [0.25, 0.3) is 0 Å². The van der Waals surface area contributed by atoms with Crippen LogP contribution < -0.4 is 10.6 Å². The zero-order chi connectivity index (χ0) is 12.0. The molecule has 0 aromatic heterocycles. The Morgan fingerprint density at radius 2 is 2.06 bits per heavy atom. The average molecular weight is 220 g/mol. The molecular weight excluding hydrogens is 200 g/mol. The van der Waals surface area contributed by atoms with Crippen molar-refractivity contribution in [1.82, 2.24) is 10.6 Å². The molecule has 0 bridgehead atoms. The quantitative estimate of drug-likeness (QED) is 0.739. The summed E-state index contributed by atoms with van der Waals surface area (Å²) < 4.78 is 0. The summed E-state index contributed by atoms with van der Waals surface area (Å²) in [5.41, 5.74) is 3.94. The van der Waals surface area contributed by atoms with Crippen molar-refractivity contribution < 1.29 is 4.79 Å². The van der Waals surface area contributed by atoms with E-state index in [-0.39, 0.29) is 5.91 Å². The van der Waals surface area contributed by atoms with Gasteiger partial charge in [-0.15, -0.1) is 0 Å². The molecule has 16 heavy (non-hydrogen) atoms. The smallest absolute Gasteiger partial charge is 0.221 e. The lowest BCUT2D eigenvalue weighted by molar-refractivity contribution is -0.120. The van der Waals surface area contributed by atoms with Gasteiger partial charge in [0, 0.05) is 26.6 Å². The molecule has 0 aliphatic rings. The molecule has 0 aliphatic heterocycles. The van der Waals surface area contributed by atoms with Gasteiger partial charge in [-0.1, -0.05) is 18.2 Å². The Morgan fingerprint density at radius 1 is 1.31 bits per heavy atom. The van der Waals surface area contributed by atoms with E-state index in [1.165, 1.54) is 16.7 Å². The van der Waals surface area contributed by atoms with Crippen LogP contribution >= 0.6 is 0 Å². The number of hydrogen-bond donors (Lipinski definition) is 2. The predicted octanol–water partition coefficient (Wildman–Crippen LogP) is 1.53. The van der Waals surface area contributed by atoms with Crippen LogP contribution in [0.15, 0.2) is 18.2 Å². The van der Waals surface area contributed by atoms with Gasteiger partial charge in [-0.3, -0.25) is 4.79 Å². The van der Waals surface area contributed by atoms with E-state index in [1.54, 1.807) is 7.05 Å². The van der Waals surface area contributed by atoms with Gasteiger partial charge in [-0.2, -0.15) is 0 Å². The highest BCUT2D eigenvalue weighted by Gasteiger charge is 2.01. The molecule has 0 spiro atoms. The molecule has 1 rings (SSSR count). The number of hydrogen-bond acceptors (Lipinski definition) is 2. The molecular formula is C13H20N2O. The first-order valence-corrected chi connectivity index (χ1v) is 5.61. The van der Waals surface area contributed by atoms with Gasteiger partial charge in [0.15, 0.2) is 0 Å². The van der Waals surface area contributed by atoms with E-state index in [2.05, 4.69) is 42.7 Å². The molecule has 0 heterocycles. The van der Waals surface area contributed by atoms with E-state index < -0.39 is 0 Å². The maximum Gasteiger partial charge on any atom is 0.221 e. The minimum atomic E-state index is 0.0773. The summed E-state index contributed by atoms with van der Waals surface area (Å²) in [6, 6.07) is 6.30. The SMILES string of the molecule is CNC(=O)CCNCc1cccc(C)c1C. The Balaban J connectivity index is 2.38. The van der Waals surface area contributed by atoms with Crippen LogP contribution in [0.2, 0.25) is 0 Å². The third-order valence-corrected chi connectivity index (χ3v) is 2.84. The summed E-state index contributed by atoms with van der Waals surface area (Å²) in [4.78, 5) is 11.0. The van der Waals surface area contributed by atoms with Crippen LogP contribution in [0.3, 0.4) is 0 Å². The Hall–Kier alpha value is -1.35. The maximum atomic E-state index is 11.0. The molecule has 0 saturated carbocycles. The maximum absolute atomic E-state index is 11.0. The number of rotatable bonds is 5. The molecule has 0 atom stereocenters. The average Bonchev–Trinajstić information content (AvgIpc) is 2.29. The first-order valence-electron chi connectivity index (χ1n) is 5.61. The lowest BCUT2D eigenvalue weighted by atomic mass is 10.0. The third kappa shape index (κ3) is 3.66. The summed E-state index contributed by atoms with van der Waals surface area (Å²) in [5, 5.41) is 5.88. The van der Waals surface area contributed by atoms with E-state index in [4.69, 9.17) is 0 Å². The third-order valence-electron chi connectivity index (χ3n) is 2.84. The molecule has 1 aromatic rings. The predicted molar refractivity (Wildman–Crippen MR) is 66.3 cm³/mol. The van der Waals surface area contributed by atoms with E-state index in [0.717, 1.165) is 6.54 Å². The molecule has 0 fully saturated rings. The lowest BCUT2D eigenvalue weighted by Crippen LogP contribution is -2.24. The molecule has 3 heteroatoms. The summed E-state index contributed by atoms with van der Waals surface area (Å²) in [6.07, 6.45) is 0.529. The van der Waals surface area contributed by atoms with Crippen LogP contribution in [-0.2, 0) is 11.3 Å². The van der Waals surface area contributed by atoms with E-state index in [9.17, 15) is 4.79 Å². The second-order valence-corrected chi connectivity index (χ2v) is 3.96. The van der Waals surface area contributed by atoms with Gasteiger partial charge >= 0.3 is 0 Å². The van der Waals surface area contributed by atoms with E-state index in [1.807, 2.05) is 0 Å². The number of carbonyl (C=O) groups is 1.